The Kier molecular flexibility index (Phi) is 6.86. The van der Waals surface area contributed by atoms with E-state index in [4.69, 9.17) is 11.6 Å². The fraction of sp³-hybridized carbons (Fsp3) is 0.500. The van der Waals surface area contributed by atoms with Crippen LogP contribution >= 0.6 is 11.6 Å². The molecule has 0 saturated heterocycles. The summed E-state index contributed by atoms with van der Waals surface area (Å²) in [5, 5.41) is 5.86. The first-order chi connectivity index (χ1) is 9.83. The lowest BCUT2D eigenvalue weighted by atomic mass is 10.3. The zero-order valence-electron chi connectivity index (χ0n) is 11.9. The molecule has 0 aliphatic heterocycles. The molecule has 0 aromatic carbocycles. The number of halogens is 1. The highest BCUT2D eigenvalue weighted by atomic mass is 35.5. The molecular weight excluding hydrogens is 316 g/mol. The highest BCUT2D eigenvalue weighted by molar-refractivity contribution is 7.88. The van der Waals surface area contributed by atoms with Crippen molar-refractivity contribution in [2.75, 3.05) is 31.2 Å². The van der Waals surface area contributed by atoms with E-state index in [1.165, 1.54) is 0 Å². The first-order valence-electron chi connectivity index (χ1n) is 6.46. The molecule has 118 valence electrons. The van der Waals surface area contributed by atoms with Gasteiger partial charge in [-0.15, -0.1) is 0 Å². The third kappa shape index (κ3) is 6.74. The topological polar surface area (TPSA) is 100 Å². The van der Waals surface area contributed by atoms with Gasteiger partial charge < -0.3 is 10.6 Å². The number of rotatable bonds is 8. The molecule has 1 aromatic rings. The SMILES string of the molecule is CCCNc1ccc(Cl)c(C(=O)NCCNS(C)(=O)=O)n1. The summed E-state index contributed by atoms with van der Waals surface area (Å²) < 4.78 is 24.0. The molecule has 1 aromatic heterocycles. The van der Waals surface area contributed by atoms with Gasteiger partial charge in [-0.05, 0) is 18.6 Å². The summed E-state index contributed by atoms with van der Waals surface area (Å²) in [7, 11) is -3.26. The molecule has 1 rings (SSSR count). The first-order valence-corrected chi connectivity index (χ1v) is 8.73. The molecule has 9 heteroatoms. The Bertz CT molecular complexity index is 592. The van der Waals surface area contributed by atoms with Crippen molar-refractivity contribution >= 4 is 33.3 Å². The molecule has 0 saturated carbocycles. The summed E-state index contributed by atoms with van der Waals surface area (Å²) in [4.78, 5) is 16.1. The third-order valence-electron chi connectivity index (χ3n) is 2.39. The third-order valence-corrected chi connectivity index (χ3v) is 3.43. The summed E-state index contributed by atoms with van der Waals surface area (Å²) in [5.74, 6) is 0.121. The summed E-state index contributed by atoms with van der Waals surface area (Å²) in [6.07, 6.45) is 1.99. The Morgan fingerprint density at radius 1 is 1.29 bits per heavy atom. The molecular formula is C12H19ClN4O3S. The molecule has 0 bridgehead atoms. The van der Waals surface area contributed by atoms with E-state index in [1.807, 2.05) is 6.92 Å². The molecule has 0 atom stereocenters. The van der Waals surface area contributed by atoms with E-state index in [9.17, 15) is 13.2 Å². The Morgan fingerprint density at radius 2 is 2.00 bits per heavy atom. The van der Waals surface area contributed by atoms with Gasteiger partial charge in [0.05, 0.1) is 11.3 Å². The molecule has 3 N–H and O–H groups in total. The van der Waals surface area contributed by atoms with Gasteiger partial charge in [0, 0.05) is 19.6 Å². The van der Waals surface area contributed by atoms with Crippen molar-refractivity contribution in [3.8, 4) is 0 Å². The van der Waals surface area contributed by atoms with Gasteiger partial charge in [-0.2, -0.15) is 0 Å². The minimum Gasteiger partial charge on any atom is -0.370 e. The molecule has 0 unspecified atom stereocenters. The lowest BCUT2D eigenvalue weighted by Crippen LogP contribution is -2.34. The van der Waals surface area contributed by atoms with E-state index in [1.54, 1.807) is 12.1 Å². The number of aromatic nitrogens is 1. The van der Waals surface area contributed by atoms with Crippen molar-refractivity contribution in [2.24, 2.45) is 0 Å². The molecule has 0 radical (unpaired) electrons. The van der Waals surface area contributed by atoms with Gasteiger partial charge in [0.2, 0.25) is 10.0 Å². The van der Waals surface area contributed by atoms with Crippen molar-refractivity contribution in [3.05, 3.63) is 22.8 Å². The lowest BCUT2D eigenvalue weighted by Gasteiger charge is -2.09. The number of hydrogen-bond acceptors (Lipinski definition) is 5. The fourth-order valence-corrected chi connectivity index (χ4v) is 2.11. The molecule has 21 heavy (non-hydrogen) atoms. The maximum Gasteiger partial charge on any atom is 0.271 e. The maximum absolute atomic E-state index is 12.0. The van der Waals surface area contributed by atoms with E-state index in [0.29, 0.717) is 5.82 Å². The Morgan fingerprint density at radius 3 is 2.62 bits per heavy atom. The van der Waals surface area contributed by atoms with Crippen LogP contribution < -0.4 is 15.4 Å². The smallest absolute Gasteiger partial charge is 0.271 e. The quantitative estimate of drug-likeness (QED) is 0.612. The number of carbonyl (C=O) groups excluding carboxylic acids is 1. The molecule has 0 fully saturated rings. The van der Waals surface area contributed by atoms with Gasteiger partial charge >= 0.3 is 0 Å². The van der Waals surface area contributed by atoms with E-state index in [2.05, 4.69) is 20.3 Å². The molecule has 1 amide bonds. The monoisotopic (exact) mass is 334 g/mol. The van der Waals surface area contributed by atoms with Gasteiger partial charge in [-0.25, -0.2) is 18.1 Å². The zero-order chi connectivity index (χ0) is 15.9. The molecule has 0 aliphatic rings. The van der Waals surface area contributed by atoms with Gasteiger partial charge in [0.25, 0.3) is 5.91 Å². The molecule has 1 heterocycles. The highest BCUT2D eigenvalue weighted by Crippen LogP contribution is 2.16. The summed E-state index contributed by atoms with van der Waals surface area (Å²) in [5.41, 5.74) is 0.108. The van der Waals surface area contributed by atoms with Crippen LogP contribution in [0.3, 0.4) is 0 Å². The largest absolute Gasteiger partial charge is 0.370 e. The standard InChI is InChI=1S/C12H19ClN4O3S/c1-3-6-14-10-5-4-9(13)11(17-10)12(18)15-7-8-16-21(2,19)20/h4-5,16H,3,6-8H2,1-2H3,(H,14,17)(H,15,18). The number of nitrogens with one attached hydrogen (secondary N) is 3. The number of anilines is 1. The van der Waals surface area contributed by atoms with E-state index in [-0.39, 0.29) is 23.8 Å². The van der Waals surface area contributed by atoms with Crippen LogP contribution in [0.25, 0.3) is 0 Å². The Labute approximate surface area is 129 Å². The predicted octanol–water partition coefficient (Wildman–Crippen LogP) is 0.836. The fourth-order valence-electron chi connectivity index (χ4n) is 1.45. The summed E-state index contributed by atoms with van der Waals surface area (Å²) >= 11 is 5.95. The van der Waals surface area contributed by atoms with Gasteiger partial charge in [-0.1, -0.05) is 18.5 Å². The normalized spacial score (nSPS) is 11.2. The number of carbonyl (C=O) groups is 1. The highest BCUT2D eigenvalue weighted by Gasteiger charge is 2.13. The molecule has 7 nitrogen and oxygen atoms in total. The van der Waals surface area contributed by atoms with Gasteiger partial charge in [-0.3, -0.25) is 4.79 Å². The Hall–Kier alpha value is -1.38. The first kappa shape index (κ1) is 17.7. The maximum atomic E-state index is 12.0. The second kappa shape index (κ2) is 8.16. The number of hydrogen-bond donors (Lipinski definition) is 3. The van der Waals surface area contributed by atoms with Crippen molar-refractivity contribution in [1.29, 1.82) is 0 Å². The Balaban J connectivity index is 2.60. The van der Waals surface area contributed by atoms with Crippen LogP contribution in [-0.4, -0.2) is 45.2 Å². The van der Waals surface area contributed by atoms with Crippen molar-refractivity contribution < 1.29 is 13.2 Å². The van der Waals surface area contributed by atoms with Crippen molar-refractivity contribution in [2.45, 2.75) is 13.3 Å². The molecule has 0 spiro atoms. The number of nitrogens with zero attached hydrogens (tertiary/aromatic N) is 1. The van der Waals surface area contributed by atoms with Crippen LogP contribution in [0.5, 0.6) is 0 Å². The van der Waals surface area contributed by atoms with Crippen LogP contribution in [0.2, 0.25) is 5.02 Å². The van der Waals surface area contributed by atoms with E-state index >= 15 is 0 Å². The minimum atomic E-state index is -3.26. The second-order valence-corrected chi connectivity index (χ2v) is 6.62. The lowest BCUT2D eigenvalue weighted by molar-refractivity contribution is 0.0949. The second-order valence-electron chi connectivity index (χ2n) is 4.38. The van der Waals surface area contributed by atoms with Gasteiger partial charge in [0.15, 0.2) is 0 Å². The van der Waals surface area contributed by atoms with E-state index < -0.39 is 15.9 Å². The van der Waals surface area contributed by atoms with Crippen LogP contribution in [0, 0.1) is 0 Å². The van der Waals surface area contributed by atoms with Gasteiger partial charge in [0.1, 0.15) is 11.5 Å². The number of sulfonamides is 1. The summed E-state index contributed by atoms with van der Waals surface area (Å²) in [6.45, 7) is 3.02. The zero-order valence-corrected chi connectivity index (χ0v) is 13.5. The van der Waals surface area contributed by atoms with Crippen molar-refractivity contribution in [3.63, 3.8) is 0 Å². The average Bonchev–Trinajstić information content (AvgIpc) is 2.41. The van der Waals surface area contributed by atoms with Crippen LogP contribution in [0.15, 0.2) is 12.1 Å². The van der Waals surface area contributed by atoms with E-state index in [0.717, 1.165) is 19.2 Å². The number of amides is 1. The molecule has 0 aliphatic carbocycles. The predicted molar refractivity (Wildman–Crippen MR) is 83.2 cm³/mol. The number of pyridine rings is 1. The van der Waals surface area contributed by atoms with Crippen LogP contribution in [0.1, 0.15) is 23.8 Å². The van der Waals surface area contributed by atoms with Crippen molar-refractivity contribution in [1.82, 2.24) is 15.0 Å². The van der Waals surface area contributed by atoms with Crippen LogP contribution in [0.4, 0.5) is 5.82 Å². The summed E-state index contributed by atoms with van der Waals surface area (Å²) in [6, 6.07) is 3.29. The average molecular weight is 335 g/mol. The van der Waals surface area contributed by atoms with Crippen LogP contribution in [-0.2, 0) is 10.0 Å². The minimum absolute atomic E-state index is 0.107.